The molecule has 0 unspecified atom stereocenters. The normalized spacial score (nSPS) is 18.8. The first-order valence-electron chi connectivity index (χ1n) is 8.71. The minimum atomic E-state index is 0.568. The maximum Gasteiger partial charge on any atom is 0.0745 e. The predicted molar refractivity (Wildman–Crippen MR) is 102 cm³/mol. The number of anilines is 1. The van der Waals surface area contributed by atoms with Crippen LogP contribution in [0, 0.1) is 0 Å². The van der Waals surface area contributed by atoms with Gasteiger partial charge in [0.15, 0.2) is 0 Å². The molecular formula is C20H22Cl2N2. The van der Waals surface area contributed by atoms with E-state index in [4.69, 9.17) is 23.2 Å². The first-order valence-corrected chi connectivity index (χ1v) is 9.46. The molecule has 4 heteroatoms. The molecule has 2 nitrogen and oxygen atoms in total. The van der Waals surface area contributed by atoms with Gasteiger partial charge < -0.3 is 4.90 Å². The Kier molecular flexibility index (Phi) is 4.71. The molecule has 2 aliphatic heterocycles. The zero-order valence-corrected chi connectivity index (χ0v) is 15.2. The molecule has 2 saturated heterocycles. The molecule has 2 aromatic carbocycles. The van der Waals surface area contributed by atoms with Gasteiger partial charge in [-0.15, -0.1) is 0 Å². The highest BCUT2D eigenvalue weighted by Gasteiger charge is 2.30. The average molecular weight is 361 g/mol. The summed E-state index contributed by atoms with van der Waals surface area (Å²) < 4.78 is 0. The Labute approximate surface area is 154 Å². The number of para-hydroxylation sites is 1. The van der Waals surface area contributed by atoms with Gasteiger partial charge in [-0.25, -0.2) is 0 Å². The van der Waals surface area contributed by atoms with E-state index in [2.05, 4.69) is 34.1 Å². The molecule has 24 heavy (non-hydrogen) atoms. The Bertz CT molecular complexity index is 682. The number of benzene rings is 2. The Morgan fingerprint density at radius 3 is 2.12 bits per heavy atom. The average Bonchev–Trinajstić information content (AvgIpc) is 3.03. The van der Waals surface area contributed by atoms with Crippen LogP contribution >= 0.6 is 23.2 Å². The Morgan fingerprint density at radius 2 is 1.50 bits per heavy atom. The lowest BCUT2D eigenvalue weighted by molar-refractivity contribution is 0.331. The van der Waals surface area contributed by atoms with Crippen LogP contribution in [0.1, 0.15) is 29.9 Å². The van der Waals surface area contributed by atoms with Crippen molar-refractivity contribution >= 4 is 28.9 Å². The lowest BCUT2D eigenvalue weighted by Gasteiger charge is -2.42. The highest BCUT2D eigenvalue weighted by atomic mass is 35.5. The summed E-state index contributed by atoms with van der Waals surface area (Å²) in [5, 5.41) is 1.48. The van der Waals surface area contributed by atoms with Gasteiger partial charge in [0, 0.05) is 25.6 Å². The second-order valence-corrected chi connectivity index (χ2v) is 7.71. The van der Waals surface area contributed by atoms with E-state index in [0.717, 1.165) is 35.4 Å². The van der Waals surface area contributed by atoms with E-state index < -0.39 is 0 Å². The third-order valence-electron chi connectivity index (χ3n) is 5.19. The van der Waals surface area contributed by atoms with E-state index in [1.807, 2.05) is 18.2 Å². The molecule has 2 heterocycles. The Morgan fingerprint density at radius 1 is 0.875 bits per heavy atom. The SMILES string of the molecule is Clc1cccc(Cl)c1N1CC(c2ccc(CN3CCCC3)cc2)C1. The van der Waals surface area contributed by atoms with Crippen molar-refractivity contribution in [2.24, 2.45) is 0 Å². The Hall–Kier alpha value is -1.22. The first-order chi connectivity index (χ1) is 11.7. The molecule has 0 aliphatic carbocycles. The summed E-state index contributed by atoms with van der Waals surface area (Å²) in [6.45, 7) is 5.55. The summed E-state index contributed by atoms with van der Waals surface area (Å²) in [5.41, 5.74) is 3.81. The summed E-state index contributed by atoms with van der Waals surface area (Å²) in [6.07, 6.45) is 2.70. The van der Waals surface area contributed by atoms with Crippen molar-refractivity contribution in [1.82, 2.24) is 4.90 Å². The fourth-order valence-electron chi connectivity index (χ4n) is 3.76. The van der Waals surface area contributed by atoms with Gasteiger partial charge in [0.2, 0.25) is 0 Å². The van der Waals surface area contributed by atoms with Crippen LogP contribution in [-0.2, 0) is 6.54 Å². The third kappa shape index (κ3) is 3.28. The fraction of sp³-hybridized carbons (Fsp3) is 0.400. The van der Waals surface area contributed by atoms with Crippen LogP contribution in [0.3, 0.4) is 0 Å². The largest absolute Gasteiger partial charge is 0.368 e. The van der Waals surface area contributed by atoms with Crippen LogP contribution in [0.2, 0.25) is 10.0 Å². The second-order valence-electron chi connectivity index (χ2n) is 6.90. The molecule has 2 fully saturated rings. The molecule has 0 saturated carbocycles. The van der Waals surface area contributed by atoms with Gasteiger partial charge in [-0.1, -0.05) is 53.5 Å². The maximum absolute atomic E-state index is 6.30. The van der Waals surface area contributed by atoms with E-state index in [1.54, 1.807) is 0 Å². The van der Waals surface area contributed by atoms with Crippen LogP contribution in [0.5, 0.6) is 0 Å². The summed E-state index contributed by atoms with van der Waals surface area (Å²) in [5.74, 6) is 0.568. The fourth-order valence-corrected chi connectivity index (χ4v) is 4.39. The third-order valence-corrected chi connectivity index (χ3v) is 5.80. The molecular weight excluding hydrogens is 339 g/mol. The molecule has 0 spiro atoms. The number of halogens is 2. The first kappa shape index (κ1) is 16.3. The molecule has 0 amide bonds. The lowest BCUT2D eigenvalue weighted by atomic mass is 9.90. The molecule has 2 aliphatic rings. The van der Waals surface area contributed by atoms with E-state index in [1.165, 1.54) is 37.1 Å². The van der Waals surface area contributed by atoms with Crippen LogP contribution in [-0.4, -0.2) is 31.1 Å². The van der Waals surface area contributed by atoms with Crippen LogP contribution < -0.4 is 4.90 Å². The number of likely N-dealkylation sites (tertiary alicyclic amines) is 1. The molecule has 2 aromatic rings. The summed E-state index contributed by atoms with van der Waals surface area (Å²) >= 11 is 12.6. The Balaban J connectivity index is 1.38. The quantitative estimate of drug-likeness (QED) is 0.739. The summed E-state index contributed by atoms with van der Waals surface area (Å²) in [6, 6.07) is 14.9. The van der Waals surface area contributed by atoms with Crippen molar-refractivity contribution in [2.45, 2.75) is 25.3 Å². The van der Waals surface area contributed by atoms with Crippen molar-refractivity contribution in [1.29, 1.82) is 0 Å². The van der Waals surface area contributed by atoms with E-state index >= 15 is 0 Å². The molecule has 126 valence electrons. The number of hydrogen-bond acceptors (Lipinski definition) is 2. The van der Waals surface area contributed by atoms with Crippen molar-refractivity contribution in [3.8, 4) is 0 Å². The zero-order chi connectivity index (χ0) is 16.5. The van der Waals surface area contributed by atoms with Crippen LogP contribution in [0.25, 0.3) is 0 Å². The van der Waals surface area contributed by atoms with Gasteiger partial charge in [0.1, 0.15) is 0 Å². The van der Waals surface area contributed by atoms with Gasteiger partial charge in [0.25, 0.3) is 0 Å². The van der Waals surface area contributed by atoms with E-state index in [0.29, 0.717) is 5.92 Å². The smallest absolute Gasteiger partial charge is 0.0745 e. The standard InChI is InChI=1S/C20H22Cl2N2/c21-18-4-3-5-19(22)20(18)24-13-17(14-24)16-8-6-15(7-9-16)12-23-10-1-2-11-23/h3-9,17H,1-2,10-14H2. The minimum Gasteiger partial charge on any atom is -0.368 e. The molecule has 4 rings (SSSR count). The maximum atomic E-state index is 6.30. The molecule has 0 bridgehead atoms. The topological polar surface area (TPSA) is 6.48 Å². The summed E-state index contributed by atoms with van der Waals surface area (Å²) in [4.78, 5) is 4.81. The van der Waals surface area contributed by atoms with Gasteiger partial charge in [-0.2, -0.15) is 0 Å². The van der Waals surface area contributed by atoms with E-state index in [9.17, 15) is 0 Å². The highest BCUT2D eigenvalue weighted by Crippen LogP contribution is 2.40. The lowest BCUT2D eigenvalue weighted by Crippen LogP contribution is -2.45. The molecule has 0 atom stereocenters. The van der Waals surface area contributed by atoms with Crippen molar-refractivity contribution in [3.05, 3.63) is 63.6 Å². The minimum absolute atomic E-state index is 0.568. The van der Waals surface area contributed by atoms with Crippen LogP contribution in [0.15, 0.2) is 42.5 Å². The number of nitrogens with zero attached hydrogens (tertiary/aromatic N) is 2. The zero-order valence-electron chi connectivity index (χ0n) is 13.7. The van der Waals surface area contributed by atoms with Gasteiger partial charge in [0.05, 0.1) is 15.7 Å². The van der Waals surface area contributed by atoms with Crippen molar-refractivity contribution < 1.29 is 0 Å². The van der Waals surface area contributed by atoms with Crippen molar-refractivity contribution in [2.75, 3.05) is 31.1 Å². The molecule has 0 radical (unpaired) electrons. The second kappa shape index (κ2) is 6.95. The summed E-state index contributed by atoms with van der Waals surface area (Å²) in [7, 11) is 0. The van der Waals surface area contributed by atoms with Crippen molar-refractivity contribution in [3.63, 3.8) is 0 Å². The highest BCUT2D eigenvalue weighted by molar-refractivity contribution is 6.39. The van der Waals surface area contributed by atoms with Gasteiger partial charge in [-0.3, -0.25) is 4.90 Å². The van der Waals surface area contributed by atoms with Gasteiger partial charge in [-0.05, 0) is 49.2 Å². The monoisotopic (exact) mass is 360 g/mol. The van der Waals surface area contributed by atoms with E-state index in [-0.39, 0.29) is 0 Å². The molecule has 0 N–H and O–H groups in total. The van der Waals surface area contributed by atoms with Crippen LogP contribution in [0.4, 0.5) is 5.69 Å². The molecule has 0 aromatic heterocycles. The number of hydrogen-bond donors (Lipinski definition) is 0. The number of rotatable bonds is 4. The van der Waals surface area contributed by atoms with Gasteiger partial charge >= 0.3 is 0 Å². The predicted octanol–water partition coefficient (Wildman–Crippen LogP) is 5.19.